The van der Waals surface area contributed by atoms with Crippen LogP contribution in [0.1, 0.15) is 49.5 Å². The second-order valence-electron chi connectivity index (χ2n) is 7.79. The van der Waals surface area contributed by atoms with Crippen molar-refractivity contribution in [1.82, 2.24) is 10.2 Å². The van der Waals surface area contributed by atoms with E-state index in [0.717, 1.165) is 31.6 Å². The number of carbonyl (C=O) groups excluding carboxylic acids is 1. The number of rotatable bonds is 9. The molecule has 1 fully saturated rings. The molecule has 1 saturated carbocycles. The molecule has 0 spiro atoms. The Bertz CT molecular complexity index is 709. The van der Waals surface area contributed by atoms with Gasteiger partial charge in [-0.2, -0.15) is 0 Å². The van der Waals surface area contributed by atoms with Gasteiger partial charge in [0.1, 0.15) is 5.75 Å². The predicted octanol–water partition coefficient (Wildman–Crippen LogP) is 4.64. The van der Waals surface area contributed by atoms with E-state index in [0.29, 0.717) is 12.6 Å². The number of nitrogens with one attached hydrogen (secondary N) is 1. The molecule has 1 aromatic carbocycles. The van der Waals surface area contributed by atoms with E-state index in [-0.39, 0.29) is 11.9 Å². The van der Waals surface area contributed by atoms with Crippen molar-refractivity contribution in [3.63, 3.8) is 0 Å². The van der Waals surface area contributed by atoms with Gasteiger partial charge in [-0.3, -0.25) is 9.69 Å². The number of ether oxygens (including phenoxy) is 1. The van der Waals surface area contributed by atoms with Crippen molar-refractivity contribution in [3.8, 4) is 5.75 Å². The minimum Gasteiger partial charge on any atom is -0.497 e. The Balaban J connectivity index is 1.64. The number of methoxy groups -OCH3 is 1. The van der Waals surface area contributed by atoms with E-state index >= 15 is 0 Å². The van der Waals surface area contributed by atoms with Crippen LogP contribution in [0.2, 0.25) is 0 Å². The lowest BCUT2D eigenvalue weighted by Crippen LogP contribution is -2.45. The van der Waals surface area contributed by atoms with Gasteiger partial charge in [-0.1, -0.05) is 37.5 Å². The summed E-state index contributed by atoms with van der Waals surface area (Å²) in [5.74, 6) is 1.01. The Hall–Kier alpha value is -1.85. The van der Waals surface area contributed by atoms with E-state index in [1.54, 1.807) is 18.4 Å². The van der Waals surface area contributed by atoms with Crippen molar-refractivity contribution in [2.24, 2.45) is 0 Å². The maximum Gasteiger partial charge on any atom is 0.234 e. The van der Waals surface area contributed by atoms with Crippen LogP contribution in [0.3, 0.4) is 0 Å². The molecular weight excluding hydrogens is 368 g/mol. The molecule has 1 unspecified atom stereocenters. The smallest absolute Gasteiger partial charge is 0.234 e. The summed E-state index contributed by atoms with van der Waals surface area (Å²) in [7, 11) is 1.68. The number of nitrogens with zero attached hydrogens (tertiary/aromatic N) is 1. The SMILES string of the molecule is COc1ccc(CN(CC(=O)NC2CCCCC2)C(C)Cc2cccs2)cc1. The fourth-order valence-electron chi connectivity index (χ4n) is 3.89. The van der Waals surface area contributed by atoms with Crippen LogP contribution in [-0.2, 0) is 17.8 Å². The first kappa shape index (κ1) is 20.9. The van der Waals surface area contributed by atoms with Crippen LogP contribution >= 0.6 is 11.3 Å². The zero-order valence-electron chi connectivity index (χ0n) is 17.0. The molecule has 0 radical (unpaired) electrons. The molecule has 4 nitrogen and oxygen atoms in total. The second-order valence-corrected chi connectivity index (χ2v) is 8.82. The zero-order valence-corrected chi connectivity index (χ0v) is 17.8. The van der Waals surface area contributed by atoms with Gasteiger partial charge in [0.2, 0.25) is 5.91 Å². The van der Waals surface area contributed by atoms with Gasteiger partial charge >= 0.3 is 0 Å². The van der Waals surface area contributed by atoms with E-state index in [2.05, 4.69) is 46.8 Å². The molecule has 2 aromatic rings. The standard InChI is InChI=1S/C23H32N2O2S/c1-18(15-22-9-6-14-28-22)25(16-19-10-12-21(27-2)13-11-19)17-23(26)24-20-7-4-3-5-8-20/h6,9-14,18,20H,3-5,7-8,15-17H2,1-2H3,(H,24,26). The Morgan fingerprint density at radius 1 is 1.21 bits per heavy atom. The largest absolute Gasteiger partial charge is 0.497 e. The summed E-state index contributed by atoms with van der Waals surface area (Å²) in [4.78, 5) is 16.4. The van der Waals surface area contributed by atoms with E-state index < -0.39 is 0 Å². The molecule has 0 aliphatic heterocycles. The molecule has 1 aromatic heterocycles. The number of carbonyl (C=O) groups is 1. The van der Waals surface area contributed by atoms with Crippen LogP contribution in [0.5, 0.6) is 5.75 Å². The van der Waals surface area contributed by atoms with Gasteiger partial charge in [-0.15, -0.1) is 11.3 Å². The average molecular weight is 401 g/mol. The normalized spacial score (nSPS) is 16.1. The van der Waals surface area contributed by atoms with Crippen LogP contribution in [0.15, 0.2) is 41.8 Å². The van der Waals surface area contributed by atoms with Gasteiger partial charge in [0.15, 0.2) is 0 Å². The van der Waals surface area contributed by atoms with Crippen molar-refractivity contribution in [1.29, 1.82) is 0 Å². The van der Waals surface area contributed by atoms with Gasteiger partial charge in [0.25, 0.3) is 0 Å². The number of amides is 1. The van der Waals surface area contributed by atoms with Gasteiger partial charge in [0.05, 0.1) is 13.7 Å². The van der Waals surface area contributed by atoms with Gasteiger partial charge in [-0.05, 0) is 55.3 Å². The Kier molecular flexibility index (Phi) is 7.92. The van der Waals surface area contributed by atoms with E-state index in [1.165, 1.54) is 29.7 Å². The molecular formula is C23H32N2O2S. The summed E-state index contributed by atoms with van der Waals surface area (Å²) >= 11 is 1.78. The number of thiophene rings is 1. The third kappa shape index (κ3) is 6.35. The summed E-state index contributed by atoms with van der Waals surface area (Å²) < 4.78 is 5.26. The van der Waals surface area contributed by atoms with E-state index in [1.807, 2.05) is 12.1 Å². The summed E-state index contributed by atoms with van der Waals surface area (Å²) in [5.41, 5.74) is 1.20. The van der Waals surface area contributed by atoms with Gasteiger partial charge in [-0.25, -0.2) is 0 Å². The van der Waals surface area contributed by atoms with Crippen molar-refractivity contribution in [3.05, 3.63) is 52.2 Å². The minimum atomic E-state index is 0.151. The summed E-state index contributed by atoms with van der Waals surface area (Å²) in [5, 5.41) is 5.39. The first-order valence-electron chi connectivity index (χ1n) is 10.3. The molecule has 0 bridgehead atoms. The first-order chi connectivity index (χ1) is 13.6. The quantitative estimate of drug-likeness (QED) is 0.667. The lowest BCUT2D eigenvalue weighted by atomic mass is 9.95. The highest BCUT2D eigenvalue weighted by Gasteiger charge is 2.21. The fraction of sp³-hybridized carbons (Fsp3) is 0.522. The van der Waals surface area contributed by atoms with Crippen molar-refractivity contribution >= 4 is 17.2 Å². The molecule has 28 heavy (non-hydrogen) atoms. The summed E-state index contributed by atoms with van der Waals surface area (Å²) in [6, 6.07) is 13.1. The highest BCUT2D eigenvalue weighted by Crippen LogP contribution is 2.19. The maximum atomic E-state index is 12.7. The highest BCUT2D eigenvalue weighted by molar-refractivity contribution is 7.09. The monoisotopic (exact) mass is 400 g/mol. The van der Waals surface area contributed by atoms with E-state index in [9.17, 15) is 4.79 Å². The molecule has 1 aliphatic carbocycles. The summed E-state index contributed by atoms with van der Waals surface area (Å²) in [6.07, 6.45) is 6.97. The maximum absolute atomic E-state index is 12.7. The van der Waals surface area contributed by atoms with Crippen LogP contribution in [-0.4, -0.2) is 36.5 Å². The lowest BCUT2D eigenvalue weighted by Gasteiger charge is -2.30. The van der Waals surface area contributed by atoms with Crippen molar-refractivity contribution in [2.45, 2.75) is 64.1 Å². The second kappa shape index (κ2) is 10.6. The van der Waals surface area contributed by atoms with Gasteiger partial charge in [0, 0.05) is 23.5 Å². The number of hydrogen-bond donors (Lipinski definition) is 1. The predicted molar refractivity (Wildman–Crippen MR) is 116 cm³/mol. The third-order valence-corrected chi connectivity index (χ3v) is 6.46. The molecule has 1 atom stereocenters. The van der Waals surface area contributed by atoms with Crippen LogP contribution in [0.25, 0.3) is 0 Å². The molecule has 152 valence electrons. The minimum absolute atomic E-state index is 0.151. The zero-order chi connectivity index (χ0) is 19.8. The van der Waals surface area contributed by atoms with E-state index in [4.69, 9.17) is 4.74 Å². The van der Waals surface area contributed by atoms with Crippen LogP contribution < -0.4 is 10.1 Å². The molecule has 5 heteroatoms. The Labute approximate surface area is 172 Å². The average Bonchev–Trinajstić information content (AvgIpc) is 3.22. The molecule has 1 N–H and O–H groups in total. The van der Waals surface area contributed by atoms with Gasteiger partial charge < -0.3 is 10.1 Å². The van der Waals surface area contributed by atoms with Crippen molar-refractivity contribution < 1.29 is 9.53 Å². The third-order valence-electron chi connectivity index (χ3n) is 5.56. The summed E-state index contributed by atoms with van der Waals surface area (Å²) in [6.45, 7) is 3.42. The number of benzene rings is 1. The molecule has 1 amide bonds. The fourth-order valence-corrected chi connectivity index (χ4v) is 4.71. The highest BCUT2D eigenvalue weighted by atomic mass is 32.1. The first-order valence-corrected chi connectivity index (χ1v) is 11.2. The Morgan fingerprint density at radius 2 is 1.96 bits per heavy atom. The molecule has 3 rings (SSSR count). The van der Waals surface area contributed by atoms with Crippen molar-refractivity contribution in [2.75, 3.05) is 13.7 Å². The topological polar surface area (TPSA) is 41.6 Å². The molecule has 1 aliphatic rings. The van der Waals surface area contributed by atoms with Crippen LogP contribution in [0.4, 0.5) is 0 Å². The molecule has 1 heterocycles. The Morgan fingerprint density at radius 3 is 2.61 bits per heavy atom. The number of hydrogen-bond acceptors (Lipinski definition) is 4. The lowest BCUT2D eigenvalue weighted by molar-refractivity contribution is -0.123. The molecule has 0 saturated heterocycles. The van der Waals surface area contributed by atoms with Crippen LogP contribution in [0, 0.1) is 0 Å².